The monoisotopic (exact) mass is 468 g/mol. The summed E-state index contributed by atoms with van der Waals surface area (Å²) in [7, 11) is 1.62. The number of aliphatic imine (C=N–C) groups is 1. The zero-order valence-electron chi connectivity index (χ0n) is 16.3. The van der Waals surface area contributed by atoms with Gasteiger partial charge in [-0.1, -0.05) is 39.0 Å². The Kier molecular flexibility index (Phi) is 14.3. The number of guanidine groups is 1. The van der Waals surface area contributed by atoms with Gasteiger partial charge in [0.25, 0.3) is 0 Å². The smallest absolute Gasteiger partial charge is 0.241 e. The van der Waals surface area contributed by atoms with Gasteiger partial charge in [-0.25, -0.2) is 4.99 Å². The summed E-state index contributed by atoms with van der Waals surface area (Å²) in [4.78, 5) is 16.2. The van der Waals surface area contributed by atoms with Gasteiger partial charge in [-0.3, -0.25) is 4.79 Å². The van der Waals surface area contributed by atoms with Crippen LogP contribution in [-0.2, 0) is 9.53 Å². The molecule has 1 aliphatic rings. The zero-order chi connectivity index (χ0) is 17.8. The summed E-state index contributed by atoms with van der Waals surface area (Å²) in [5.74, 6) is 2.03. The fraction of sp³-hybridized carbons (Fsp3) is 0.889. The first-order chi connectivity index (χ1) is 11.6. The minimum absolute atomic E-state index is 0. The summed E-state index contributed by atoms with van der Waals surface area (Å²) < 4.78 is 4.92. The molecule has 0 saturated heterocycles. The number of hydrogen-bond acceptors (Lipinski definition) is 3. The fourth-order valence-corrected chi connectivity index (χ4v) is 3.23. The number of amides is 1. The molecule has 0 spiro atoms. The number of nitrogens with one attached hydrogen (secondary N) is 3. The van der Waals surface area contributed by atoms with Crippen LogP contribution in [0.1, 0.15) is 52.9 Å². The number of hydrogen-bond donors (Lipinski definition) is 3. The molecule has 1 saturated carbocycles. The highest BCUT2D eigenvalue weighted by Crippen LogP contribution is 2.31. The topological polar surface area (TPSA) is 74.8 Å². The molecule has 0 aromatic carbocycles. The van der Waals surface area contributed by atoms with Crippen LogP contribution < -0.4 is 16.0 Å². The van der Waals surface area contributed by atoms with Crippen LogP contribution in [0.2, 0.25) is 0 Å². The summed E-state index contributed by atoms with van der Waals surface area (Å²) in [5, 5.41) is 9.48. The number of nitrogens with zero attached hydrogens (tertiary/aromatic N) is 1. The van der Waals surface area contributed by atoms with Crippen molar-refractivity contribution in [3.63, 3.8) is 0 Å². The van der Waals surface area contributed by atoms with Gasteiger partial charge in [-0.15, -0.1) is 24.0 Å². The van der Waals surface area contributed by atoms with E-state index < -0.39 is 0 Å². The van der Waals surface area contributed by atoms with E-state index >= 15 is 0 Å². The highest BCUT2D eigenvalue weighted by Gasteiger charge is 2.24. The van der Waals surface area contributed by atoms with Crippen LogP contribution in [-0.4, -0.2) is 51.3 Å². The third kappa shape index (κ3) is 10.2. The number of carbonyl (C=O) groups is 1. The van der Waals surface area contributed by atoms with E-state index in [1.165, 1.54) is 32.1 Å². The minimum Gasteiger partial charge on any atom is -0.383 e. The molecule has 6 nitrogen and oxygen atoms in total. The maximum Gasteiger partial charge on any atom is 0.241 e. The Balaban J connectivity index is 0.00000576. The lowest BCUT2D eigenvalue weighted by molar-refractivity contribution is -0.119. The number of halogens is 1. The summed E-state index contributed by atoms with van der Waals surface area (Å²) in [6.45, 7) is 8.52. The lowest BCUT2D eigenvalue weighted by Crippen LogP contribution is -2.46. The molecule has 7 heteroatoms. The Morgan fingerprint density at radius 3 is 2.48 bits per heavy atom. The molecule has 1 rings (SSSR count). The van der Waals surface area contributed by atoms with E-state index in [2.05, 4.69) is 34.8 Å². The first-order valence-electron chi connectivity index (χ1n) is 9.39. The van der Waals surface area contributed by atoms with Crippen molar-refractivity contribution in [1.29, 1.82) is 0 Å². The predicted molar refractivity (Wildman–Crippen MR) is 115 cm³/mol. The molecule has 25 heavy (non-hydrogen) atoms. The molecule has 0 radical (unpaired) electrons. The van der Waals surface area contributed by atoms with E-state index in [9.17, 15) is 4.79 Å². The first-order valence-corrected chi connectivity index (χ1v) is 9.39. The maximum atomic E-state index is 11.8. The van der Waals surface area contributed by atoms with Crippen LogP contribution in [0.5, 0.6) is 0 Å². The number of rotatable bonds is 9. The molecule has 0 bridgehead atoms. The second-order valence-electron chi connectivity index (χ2n) is 6.73. The Morgan fingerprint density at radius 2 is 1.88 bits per heavy atom. The van der Waals surface area contributed by atoms with E-state index in [0.717, 1.165) is 18.4 Å². The lowest BCUT2D eigenvalue weighted by atomic mass is 9.78. The van der Waals surface area contributed by atoms with Crippen molar-refractivity contribution in [3.8, 4) is 0 Å². The molecule has 1 aliphatic carbocycles. The molecule has 1 amide bonds. The van der Waals surface area contributed by atoms with E-state index in [1.54, 1.807) is 7.11 Å². The Morgan fingerprint density at radius 1 is 1.20 bits per heavy atom. The average molecular weight is 468 g/mol. The van der Waals surface area contributed by atoms with Crippen LogP contribution >= 0.6 is 24.0 Å². The molecule has 0 aliphatic heterocycles. The van der Waals surface area contributed by atoms with Crippen LogP contribution in [0.3, 0.4) is 0 Å². The van der Waals surface area contributed by atoms with E-state index in [1.807, 2.05) is 6.92 Å². The molecular formula is C18H37IN4O2. The normalized spacial score (nSPS) is 18.0. The quantitative estimate of drug-likeness (QED) is 0.211. The molecule has 1 fully saturated rings. The molecule has 0 aromatic rings. The van der Waals surface area contributed by atoms with Gasteiger partial charge in [-0.05, 0) is 25.7 Å². The predicted octanol–water partition coefficient (Wildman–Crippen LogP) is 2.53. The maximum absolute atomic E-state index is 11.8. The lowest BCUT2D eigenvalue weighted by Gasteiger charge is -2.32. The SMILES string of the molecule is CCNC(=NCC(=O)NCCOC)NC(C)C(C)C1CCCCC1.I. The molecule has 2 unspecified atom stereocenters. The average Bonchev–Trinajstić information content (AvgIpc) is 2.60. The van der Waals surface area contributed by atoms with Crippen LogP contribution in [0.4, 0.5) is 0 Å². The van der Waals surface area contributed by atoms with Gasteiger partial charge in [-0.2, -0.15) is 0 Å². The van der Waals surface area contributed by atoms with Crippen molar-refractivity contribution in [1.82, 2.24) is 16.0 Å². The molecular weight excluding hydrogens is 431 g/mol. The van der Waals surface area contributed by atoms with Gasteiger partial charge < -0.3 is 20.7 Å². The third-order valence-electron chi connectivity index (χ3n) is 4.90. The standard InChI is InChI=1S/C18H36N4O2.HI/c1-5-19-18(21-13-17(23)20-11-12-24-4)22-15(3)14(2)16-9-7-6-8-10-16;/h14-16H,5-13H2,1-4H3,(H,20,23)(H2,19,21,22);1H. The summed E-state index contributed by atoms with van der Waals surface area (Å²) >= 11 is 0. The fourth-order valence-electron chi connectivity index (χ4n) is 3.23. The van der Waals surface area contributed by atoms with E-state index in [0.29, 0.717) is 25.1 Å². The summed E-state index contributed by atoms with van der Waals surface area (Å²) in [6.07, 6.45) is 6.77. The van der Waals surface area contributed by atoms with Gasteiger partial charge in [0.15, 0.2) is 5.96 Å². The number of methoxy groups -OCH3 is 1. The van der Waals surface area contributed by atoms with Gasteiger partial charge in [0.05, 0.1) is 6.61 Å². The minimum atomic E-state index is -0.0859. The summed E-state index contributed by atoms with van der Waals surface area (Å²) in [5.41, 5.74) is 0. The van der Waals surface area contributed by atoms with Crippen molar-refractivity contribution in [2.45, 2.75) is 58.9 Å². The first kappa shape index (κ1) is 24.4. The second kappa shape index (κ2) is 14.6. The van der Waals surface area contributed by atoms with Gasteiger partial charge >= 0.3 is 0 Å². The van der Waals surface area contributed by atoms with Gasteiger partial charge in [0, 0.05) is 26.2 Å². The molecule has 148 valence electrons. The summed E-state index contributed by atoms with van der Waals surface area (Å²) in [6, 6.07) is 0.336. The van der Waals surface area contributed by atoms with Crippen molar-refractivity contribution in [3.05, 3.63) is 0 Å². The Labute approximate surface area is 170 Å². The third-order valence-corrected chi connectivity index (χ3v) is 4.90. The Hall–Kier alpha value is -0.570. The second-order valence-corrected chi connectivity index (χ2v) is 6.73. The number of carbonyl (C=O) groups excluding carboxylic acids is 1. The highest BCUT2D eigenvalue weighted by atomic mass is 127. The zero-order valence-corrected chi connectivity index (χ0v) is 18.6. The van der Waals surface area contributed by atoms with Crippen molar-refractivity contribution < 1.29 is 9.53 Å². The van der Waals surface area contributed by atoms with Crippen LogP contribution in [0, 0.1) is 11.8 Å². The molecule has 2 atom stereocenters. The van der Waals surface area contributed by atoms with Crippen molar-refractivity contribution in [2.75, 3.05) is 33.4 Å². The molecule has 0 aromatic heterocycles. The van der Waals surface area contributed by atoms with Crippen LogP contribution in [0.15, 0.2) is 4.99 Å². The Bertz CT molecular complexity index is 387. The van der Waals surface area contributed by atoms with Gasteiger partial charge in [0.2, 0.25) is 5.91 Å². The molecule has 3 N–H and O–H groups in total. The van der Waals surface area contributed by atoms with Crippen molar-refractivity contribution in [2.24, 2.45) is 16.8 Å². The molecule has 0 heterocycles. The van der Waals surface area contributed by atoms with E-state index in [-0.39, 0.29) is 36.4 Å². The highest BCUT2D eigenvalue weighted by molar-refractivity contribution is 14.0. The van der Waals surface area contributed by atoms with Gasteiger partial charge in [0.1, 0.15) is 6.54 Å². The van der Waals surface area contributed by atoms with E-state index in [4.69, 9.17) is 4.74 Å². The van der Waals surface area contributed by atoms with Crippen LogP contribution in [0.25, 0.3) is 0 Å². The number of ether oxygens (including phenoxy) is 1. The van der Waals surface area contributed by atoms with Crippen molar-refractivity contribution >= 4 is 35.8 Å². The largest absolute Gasteiger partial charge is 0.383 e.